The Morgan fingerprint density at radius 2 is 1.71 bits per heavy atom. The lowest BCUT2D eigenvalue weighted by atomic mass is 9.93. The molecule has 3 heteroatoms. The zero-order valence-corrected chi connectivity index (χ0v) is 15.9. The van der Waals surface area contributed by atoms with Crippen LogP contribution in [0.1, 0.15) is 27.9 Å². The Labute approximate surface area is 165 Å². The van der Waals surface area contributed by atoms with Gasteiger partial charge in [0.2, 0.25) is 0 Å². The van der Waals surface area contributed by atoms with Gasteiger partial charge in [0, 0.05) is 11.3 Å². The van der Waals surface area contributed by atoms with Gasteiger partial charge >= 0.3 is 0 Å². The number of carbonyl (C=O) groups excluding carboxylic acids is 1. The van der Waals surface area contributed by atoms with Gasteiger partial charge in [-0.1, -0.05) is 60.7 Å². The number of benzene rings is 3. The van der Waals surface area contributed by atoms with E-state index < -0.39 is 0 Å². The first-order valence-corrected chi connectivity index (χ1v) is 9.55. The van der Waals surface area contributed by atoms with Crippen LogP contribution < -0.4 is 9.64 Å². The van der Waals surface area contributed by atoms with Crippen LogP contribution in [0.25, 0.3) is 6.08 Å². The highest BCUT2D eigenvalue weighted by Crippen LogP contribution is 2.35. The molecule has 0 spiro atoms. The highest BCUT2D eigenvalue weighted by Gasteiger charge is 2.30. The summed E-state index contributed by atoms with van der Waals surface area (Å²) in [4.78, 5) is 15.3. The van der Waals surface area contributed by atoms with Gasteiger partial charge in [-0.2, -0.15) is 0 Å². The molecule has 0 aliphatic carbocycles. The number of hydrogen-bond acceptors (Lipinski definition) is 2. The van der Waals surface area contributed by atoms with Crippen LogP contribution in [0.4, 0.5) is 5.69 Å². The molecule has 28 heavy (non-hydrogen) atoms. The molecule has 0 saturated heterocycles. The van der Waals surface area contributed by atoms with E-state index in [-0.39, 0.29) is 11.9 Å². The van der Waals surface area contributed by atoms with Crippen molar-refractivity contribution in [2.75, 3.05) is 12.0 Å². The van der Waals surface area contributed by atoms with E-state index in [9.17, 15) is 4.79 Å². The van der Waals surface area contributed by atoms with Crippen LogP contribution in [-0.2, 0) is 6.42 Å². The molecule has 1 atom stereocenters. The number of carbonyl (C=O) groups is 1. The van der Waals surface area contributed by atoms with Crippen LogP contribution in [-0.4, -0.2) is 19.1 Å². The number of hydrogen-bond donors (Lipinski definition) is 0. The maximum Gasteiger partial charge on any atom is 0.258 e. The lowest BCUT2D eigenvalue weighted by Gasteiger charge is -2.36. The van der Waals surface area contributed by atoms with Crippen molar-refractivity contribution in [2.45, 2.75) is 18.9 Å². The highest BCUT2D eigenvalue weighted by molar-refractivity contribution is 6.07. The number of ether oxygens (including phenoxy) is 1. The fraction of sp³-hybridized carbons (Fsp3) is 0.160. The minimum absolute atomic E-state index is 0.00815. The van der Waals surface area contributed by atoms with E-state index in [2.05, 4.69) is 24.3 Å². The molecule has 1 aliphatic rings. The maximum absolute atomic E-state index is 13.4. The molecular weight excluding hydrogens is 346 g/mol. The van der Waals surface area contributed by atoms with Gasteiger partial charge in [-0.15, -0.1) is 0 Å². The Kier molecular flexibility index (Phi) is 5.24. The number of amides is 1. The lowest BCUT2D eigenvalue weighted by Crippen LogP contribution is -2.42. The van der Waals surface area contributed by atoms with E-state index in [1.165, 1.54) is 0 Å². The van der Waals surface area contributed by atoms with E-state index in [0.717, 1.165) is 35.4 Å². The fourth-order valence-corrected chi connectivity index (χ4v) is 3.68. The third kappa shape index (κ3) is 3.70. The van der Waals surface area contributed by atoms with Crippen molar-refractivity contribution in [1.82, 2.24) is 0 Å². The van der Waals surface area contributed by atoms with E-state index in [1.807, 2.05) is 71.6 Å². The second-order valence-electron chi connectivity index (χ2n) is 6.91. The van der Waals surface area contributed by atoms with Crippen LogP contribution in [0.5, 0.6) is 5.75 Å². The molecule has 0 bridgehead atoms. The molecule has 140 valence electrons. The summed E-state index contributed by atoms with van der Waals surface area (Å²) in [5, 5.41) is 0. The van der Waals surface area contributed by atoms with Crippen LogP contribution in [0.3, 0.4) is 0 Å². The molecule has 1 heterocycles. The molecule has 4 rings (SSSR count). The highest BCUT2D eigenvalue weighted by atomic mass is 16.5. The van der Waals surface area contributed by atoms with Crippen LogP contribution in [0.2, 0.25) is 0 Å². The maximum atomic E-state index is 13.4. The number of aryl methyl sites for hydroxylation is 1. The van der Waals surface area contributed by atoms with Gasteiger partial charge < -0.3 is 9.64 Å². The van der Waals surface area contributed by atoms with Gasteiger partial charge in [0.05, 0.1) is 13.2 Å². The molecule has 0 radical (unpaired) electrons. The molecular formula is C25H23NO2. The molecule has 3 aromatic rings. The Balaban J connectivity index is 1.72. The Hall–Kier alpha value is -3.33. The Morgan fingerprint density at radius 1 is 1.00 bits per heavy atom. The molecule has 3 nitrogen and oxygen atoms in total. The third-order valence-electron chi connectivity index (χ3n) is 5.14. The average molecular weight is 369 g/mol. The average Bonchev–Trinajstić information content (AvgIpc) is 2.77. The van der Waals surface area contributed by atoms with Gasteiger partial charge in [-0.3, -0.25) is 4.79 Å². The second-order valence-corrected chi connectivity index (χ2v) is 6.91. The van der Waals surface area contributed by atoms with Crippen molar-refractivity contribution in [3.05, 3.63) is 102 Å². The molecule has 0 aromatic heterocycles. The van der Waals surface area contributed by atoms with Crippen molar-refractivity contribution < 1.29 is 9.53 Å². The topological polar surface area (TPSA) is 29.5 Å². The van der Waals surface area contributed by atoms with Crippen molar-refractivity contribution in [1.29, 1.82) is 0 Å². The van der Waals surface area contributed by atoms with Crippen LogP contribution >= 0.6 is 0 Å². The summed E-state index contributed by atoms with van der Waals surface area (Å²) in [5.74, 6) is 0.846. The summed E-state index contributed by atoms with van der Waals surface area (Å²) in [7, 11) is 1.67. The molecule has 3 aromatic carbocycles. The molecule has 0 saturated carbocycles. The zero-order chi connectivity index (χ0) is 19.3. The molecule has 0 fully saturated rings. The Morgan fingerprint density at radius 3 is 2.43 bits per heavy atom. The summed E-state index contributed by atoms with van der Waals surface area (Å²) in [6.45, 7) is 0. The minimum atomic E-state index is 0.00815. The van der Waals surface area contributed by atoms with Crippen LogP contribution in [0, 0.1) is 0 Å². The summed E-state index contributed by atoms with van der Waals surface area (Å²) < 4.78 is 5.38. The van der Waals surface area contributed by atoms with Gasteiger partial charge in [-0.25, -0.2) is 0 Å². The summed E-state index contributed by atoms with van der Waals surface area (Å²) in [6.07, 6.45) is 6.03. The second kappa shape index (κ2) is 8.13. The predicted octanol–water partition coefficient (Wildman–Crippen LogP) is 5.37. The predicted molar refractivity (Wildman–Crippen MR) is 114 cm³/mol. The van der Waals surface area contributed by atoms with Gasteiger partial charge in [0.25, 0.3) is 5.91 Å². The minimum Gasteiger partial charge on any atom is -0.497 e. The normalized spacial score (nSPS) is 16.0. The summed E-state index contributed by atoms with van der Waals surface area (Å²) >= 11 is 0. The number of rotatable bonds is 4. The van der Waals surface area contributed by atoms with Crippen molar-refractivity contribution >= 4 is 17.7 Å². The molecule has 1 aliphatic heterocycles. The quantitative estimate of drug-likeness (QED) is 0.619. The van der Waals surface area contributed by atoms with Gasteiger partial charge in [-0.05, 0) is 54.3 Å². The Bertz CT molecular complexity index is 980. The van der Waals surface area contributed by atoms with E-state index in [4.69, 9.17) is 4.74 Å². The number of methoxy groups -OCH3 is 1. The number of anilines is 1. The monoisotopic (exact) mass is 369 g/mol. The largest absolute Gasteiger partial charge is 0.497 e. The van der Waals surface area contributed by atoms with Crippen molar-refractivity contribution in [3.8, 4) is 5.75 Å². The van der Waals surface area contributed by atoms with Crippen molar-refractivity contribution in [3.63, 3.8) is 0 Å². The van der Waals surface area contributed by atoms with Crippen LogP contribution in [0.15, 0.2) is 84.9 Å². The first kappa shape index (κ1) is 18.1. The third-order valence-corrected chi connectivity index (χ3v) is 5.14. The smallest absolute Gasteiger partial charge is 0.258 e. The summed E-state index contributed by atoms with van der Waals surface area (Å²) in [6, 6.07) is 25.6. The first-order valence-electron chi connectivity index (χ1n) is 9.55. The number of fused-ring (bicyclic) bond motifs is 1. The molecule has 1 amide bonds. The number of nitrogens with zero attached hydrogens (tertiary/aromatic N) is 1. The van der Waals surface area contributed by atoms with E-state index in [1.54, 1.807) is 7.11 Å². The van der Waals surface area contributed by atoms with E-state index in [0.29, 0.717) is 5.56 Å². The zero-order valence-electron chi connectivity index (χ0n) is 15.9. The van der Waals surface area contributed by atoms with Gasteiger partial charge in [0.15, 0.2) is 0 Å². The fourth-order valence-electron chi connectivity index (χ4n) is 3.68. The first-order chi connectivity index (χ1) is 13.8. The van der Waals surface area contributed by atoms with E-state index >= 15 is 0 Å². The lowest BCUT2D eigenvalue weighted by molar-refractivity contribution is 0.0978. The molecule has 0 N–H and O–H groups in total. The van der Waals surface area contributed by atoms with Crippen molar-refractivity contribution in [2.24, 2.45) is 0 Å². The molecule has 1 unspecified atom stereocenters. The standard InChI is InChI=1S/C25H23NO2/c1-28-23-16-17-24-21(18-23)13-15-22(14-12-19-8-4-2-5-9-19)26(24)25(27)20-10-6-3-7-11-20/h2-12,14,16-18,22H,13,15H2,1H3. The SMILES string of the molecule is COc1ccc2c(c1)CCC(C=Cc1ccccc1)N2C(=O)c1ccccc1. The van der Waals surface area contributed by atoms with Gasteiger partial charge in [0.1, 0.15) is 5.75 Å². The summed E-state index contributed by atoms with van der Waals surface area (Å²) in [5.41, 5.74) is 3.94.